The maximum atomic E-state index is 12.5. The lowest BCUT2D eigenvalue weighted by Crippen LogP contribution is -2.05. The molecule has 1 aliphatic rings. The number of fused-ring (bicyclic) bond motifs is 3. The van der Waals surface area contributed by atoms with Crippen molar-refractivity contribution in [3.63, 3.8) is 0 Å². The number of carbonyl (C=O) groups is 1. The van der Waals surface area contributed by atoms with Gasteiger partial charge in [-0.1, -0.05) is 18.2 Å². The van der Waals surface area contributed by atoms with Crippen LogP contribution >= 0.6 is 0 Å². The van der Waals surface area contributed by atoms with Crippen molar-refractivity contribution in [3.05, 3.63) is 102 Å². The predicted octanol–water partition coefficient (Wildman–Crippen LogP) is 4.63. The molecule has 29 heavy (non-hydrogen) atoms. The van der Waals surface area contributed by atoms with E-state index < -0.39 is 0 Å². The Kier molecular flexibility index (Phi) is 4.26. The molecule has 0 unspecified atom stereocenters. The number of aromatic nitrogens is 2. The first-order valence-corrected chi connectivity index (χ1v) is 9.42. The molecule has 1 amide bonds. The standard InChI is InChI=1S/C24H18N4O/c29-24-20(23-19-2-1-11-26-21(19)7-8-22(23)28-24)15-27-18-5-3-16(4-6-18)14-17-9-12-25-13-10-17/h1-13,15,27H,14H2,(H,28,29)/b20-15-. The first kappa shape index (κ1) is 17.1. The van der Waals surface area contributed by atoms with E-state index in [4.69, 9.17) is 0 Å². The summed E-state index contributed by atoms with van der Waals surface area (Å²) >= 11 is 0. The number of carbonyl (C=O) groups excluding carboxylic acids is 1. The maximum Gasteiger partial charge on any atom is 0.257 e. The van der Waals surface area contributed by atoms with Crippen LogP contribution in [0.1, 0.15) is 16.7 Å². The second-order valence-electron chi connectivity index (χ2n) is 6.94. The first-order valence-electron chi connectivity index (χ1n) is 9.42. The Morgan fingerprint density at radius 3 is 2.52 bits per heavy atom. The zero-order chi connectivity index (χ0) is 19.6. The van der Waals surface area contributed by atoms with Gasteiger partial charge in [0, 0.05) is 47.1 Å². The van der Waals surface area contributed by atoms with Gasteiger partial charge in [-0.05, 0) is 60.0 Å². The van der Waals surface area contributed by atoms with Gasteiger partial charge in [0.1, 0.15) is 0 Å². The van der Waals surface area contributed by atoms with Crippen LogP contribution in [0, 0.1) is 0 Å². The SMILES string of the molecule is O=C1Nc2ccc3ncccc3c2/C1=C/Nc1ccc(Cc2ccncc2)cc1. The predicted molar refractivity (Wildman–Crippen MR) is 115 cm³/mol. The summed E-state index contributed by atoms with van der Waals surface area (Å²) in [5.41, 5.74) is 6.56. The van der Waals surface area contributed by atoms with Crippen molar-refractivity contribution in [3.8, 4) is 0 Å². The third-order valence-corrected chi connectivity index (χ3v) is 5.04. The Labute approximate surface area is 168 Å². The minimum atomic E-state index is -0.113. The van der Waals surface area contributed by atoms with Crippen molar-refractivity contribution >= 4 is 33.8 Å². The van der Waals surface area contributed by atoms with E-state index in [2.05, 4.69) is 32.7 Å². The third kappa shape index (κ3) is 3.34. The topological polar surface area (TPSA) is 66.9 Å². The van der Waals surface area contributed by atoms with E-state index in [-0.39, 0.29) is 5.91 Å². The molecule has 0 spiro atoms. The fourth-order valence-electron chi connectivity index (χ4n) is 3.60. The number of hydrogen-bond acceptors (Lipinski definition) is 4. The average Bonchev–Trinajstić information content (AvgIpc) is 3.09. The van der Waals surface area contributed by atoms with Crippen LogP contribution in [0.3, 0.4) is 0 Å². The van der Waals surface area contributed by atoms with Gasteiger partial charge in [0.25, 0.3) is 5.91 Å². The zero-order valence-corrected chi connectivity index (χ0v) is 15.6. The van der Waals surface area contributed by atoms with E-state index in [1.54, 1.807) is 24.8 Å². The minimum absolute atomic E-state index is 0.113. The third-order valence-electron chi connectivity index (χ3n) is 5.04. The summed E-state index contributed by atoms with van der Waals surface area (Å²) in [7, 11) is 0. The van der Waals surface area contributed by atoms with Gasteiger partial charge >= 0.3 is 0 Å². The summed E-state index contributed by atoms with van der Waals surface area (Å²) in [6.07, 6.45) is 8.00. The zero-order valence-electron chi connectivity index (χ0n) is 15.6. The van der Waals surface area contributed by atoms with Crippen LogP contribution in [0.2, 0.25) is 0 Å². The Morgan fingerprint density at radius 1 is 0.897 bits per heavy atom. The molecule has 2 aromatic heterocycles. The lowest BCUT2D eigenvalue weighted by molar-refractivity contribution is -0.110. The molecule has 3 heterocycles. The summed E-state index contributed by atoms with van der Waals surface area (Å²) in [5.74, 6) is -0.113. The van der Waals surface area contributed by atoms with Crippen molar-refractivity contribution in [2.75, 3.05) is 10.6 Å². The fraction of sp³-hybridized carbons (Fsp3) is 0.0417. The second-order valence-corrected chi connectivity index (χ2v) is 6.94. The van der Waals surface area contributed by atoms with Crippen LogP contribution in [0.15, 0.2) is 85.5 Å². The normalized spacial score (nSPS) is 14.1. The van der Waals surface area contributed by atoms with Gasteiger partial charge in [0.05, 0.1) is 11.1 Å². The quantitative estimate of drug-likeness (QED) is 0.508. The van der Waals surface area contributed by atoms with E-state index in [0.29, 0.717) is 5.57 Å². The number of nitrogens with zero attached hydrogens (tertiary/aromatic N) is 2. The largest absolute Gasteiger partial charge is 0.361 e. The lowest BCUT2D eigenvalue weighted by atomic mass is 10.0. The smallest absolute Gasteiger partial charge is 0.257 e. The number of nitrogens with one attached hydrogen (secondary N) is 2. The molecule has 4 aromatic rings. The highest BCUT2D eigenvalue weighted by Crippen LogP contribution is 2.37. The molecule has 0 aliphatic carbocycles. The Balaban J connectivity index is 1.40. The first-order chi connectivity index (χ1) is 14.3. The Bertz CT molecular complexity index is 1230. The van der Waals surface area contributed by atoms with E-state index in [1.165, 1.54) is 11.1 Å². The van der Waals surface area contributed by atoms with Gasteiger partial charge in [-0.15, -0.1) is 0 Å². The molecule has 2 N–H and O–H groups in total. The number of rotatable bonds is 4. The molecule has 2 aromatic carbocycles. The molecular formula is C24H18N4O. The van der Waals surface area contributed by atoms with Crippen LogP contribution in [-0.2, 0) is 11.2 Å². The van der Waals surface area contributed by atoms with Crippen LogP contribution in [0.5, 0.6) is 0 Å². The van der Waals surface area contributed by atoms with Crippen LogP contribution in [0.4, 0.5) is 11.4 Å². The van der Waals surface area contributed by atoms with E-state index in [1.807, 2.05) is 48.5 Å². The molecule has 5 nitrogen and oxygen atoms in total. The van der Waals surface area contributed by atoms with Crippen LogP contribution < -0.4 is 10.6 Å². The average molecular weight is 378 g/mol. The van der Waals surface area contributed by atoms with Gasteiger partial charge in [0.15, 0.2) is 0 Å². The van der Waals surface area contributed by atoms with Crippen molar-refractivity contribution in [1.82, 2.24) is 9.97 Å². The number of amides is 1. The van der Waals surface area contributed by atoms with Crippen LogP contribution in [0.25, 0.3) is 16.5 Å². The maximum absolute atomic E-state index is 12.5. The summed E-state index contributed by atoms with van der Waals surface area (Å²) in [5, 5.41) is 7.15. The highest BCUT2D eigenvalue weighted by molar-refractivity contribution is 6.34. The van der Waals surface area contributed by atoms with E-state index >= 15 is 0 Å². The molecule has 0 saturated carbocycles. The number of hydrogen-bond donors (Lipinski definition) is 2. The molecule has 0 fully saturated rings. The number of benzene rings is 2. The summed E-state index contributed by atoms with van der Waals surface area (Å²) in [6, 6.07) is 20.0. The molecule has 0 atom stereocenters. The number of pyridine rings is 2. The van der Waals surface area contributed by atoms with Crippen molar-refractivity contribution in [2.24, 2.45) is 0 Å². The van der Waals surface area contributed by atoms with Gasteiger partial charge in [-0.25, -0.2) is 0 Å². The molecule has 0 saturated heterocycles. The van der Waals surface area contributed by atoms with Crippen molar-refractivity contribution in [1.29, 1.82) is 0 Å². The monoisotopic (exact) mass is 378 g/mol. The van der Waals surface area contributed by atoms with Crippen molar-refractivity contribution < 1.29 is 4.79 Å². The fourth-order valence-corrected chi connectivity index (χ4v) is 3.60. The molecule has 140 valence electrons. The molecule has 1 aliphatic heterocycles. The molecule has 0 bridgehead atoms. The van der Waals surface area contributed by atoms with Gasteiger partial charge in [-0.2, -0.15) is 0 Å². The number of anilines is 2. The molecular weight excluding hydrogens is 360 g/mol. The van der Waals surface area contributed by atoms with Gasteiger partial charge < -0.3 is 10.6 Å². The van der Waals surface area contributed by atoms with E-state index in [0.717, 1.165) is 34.3 Å². The molecule has 0 radical (unpaired) electrons. The van der Waals surface area contributed by atoms with Crippen molar-refractivity contribution in [2.45, 2.75) is 6.42 Å². The molecule has 5 heteroatoms. The minimum Gasteiger partial charge on any atom is -0.361 e. The summed E-state index contributed by atoms with van der Waals surface area (Å²) < 4.78 is 0. The van der Waals surface area contributed by atoms with Crippen LogP contribution in [-0.4, -0.2) is 15.9 Å². The highest BCUT2D eigenvalue weighted by atomic mass is 16.2. The summed E-state index contributed by atoms with van der Waals surface area (Å²) in [6.45, 7) is 0. The Hall–Kier alpha value is -3.99. The lowest BCUT2D eigenvalue weighted by Gasteiger charge is -2.07. The Morgan fingerprint density at radius 2 is 1.69 bits per heavy atom. The van der Waals surface area contributed by atoms with Gasteiger partial charge in [0.2, 0.25) is 0 Å². The second kappa shape index (κ2) is 7.20. The van der Waals surface area contributed by atoms with E-state index in [9.17, 15) is 4.79 Å². The highest BCUT2D eigenvalue weighted by Gasteiger charge is 2.26. The van der Waals surface area contributed by atoms with Gasteiger partial charge in [-0.3, -0.25) is 14.8 Å². The summed E-state index contributed by atoms with van der Waals surface area (Å²) in [4.78, 5) is 20.9. The molecule has 5 rings (SSSR count).